The summed E-state index contributed by atoms with van der Waals surface area (Å²) in [6.45, 7) is 7.81. The number of carbonyl (C=O) groups is 2. The number of hydrogen-bond donors (Lipinski definition) is 1. The summed E-state index contributed by atoms with van der Waals surface area (Å²) in [4.78, 5) is 25.5. The van der Waals surface area contributed by atoms with Crippen LogP contribution in [-0.4, -0.2) is 54.8 Å². The Labute approximate surface area is 119 Å². The van der Waals surface area contributed by atoms with Gasteiger partial charge in [0.1, 0.15) is 6.04 Å². The summed E-state index contributed by atoms with van der Waals surface area (Å²) in [5.74, 6) is -0.588. The van der Waals surface area contributed by atoms with Gasteiger partial charge in [0.25, 0.3) is 0 Å². The molecule has 0 aromatic heterocycles. The molecule has 2 heterocycles. The maximum atomic E-state index is 12.5. The molecule has 2 aliphatic heterocycles. The highest BCUT2D eigenvalue weighted by atomic mass is 16.7. The molecule has 2 fully saturated rings. The second-order valence-corrected chi connectivity index (χ2v) is 5.86. The van der Waals surface area contributed by atoms with Crippen molar-refractivity contribution in [3.63, 3.8) is 0 Å². The predicted octanol–water partition coefficient (Wildman–Crippen LogP) is 0.513. The molecule has 2 rings (SSSR count). The van der Waals surface area contributed by atoms with Gasteiger partial charge in [0.2, 0.25) is 11.8 Å². The number of rotatable bonds is 3. The monoisotopic (exact) mass is 284 g/mol. The Bertz CT molecular complexity index is 367. The van der Waals surface area contributed by atoms with Gasteiger partial charge in [-0.25, -0.2) is 0 Å². The van der Waals surface area contributed by atoms with Crippen LogP contribution in [0.25, 0.3) is 0 Å². The minimum absolute atomic E-state index is 0.0111. The third-order valence-corrected chi connectivity index (χ3v) is 3.94. The van der Waals surface area contributed by atoms with Crippen molar-refractivity contribution < 1.29 is 19.1 Å². The fourth-order valence-corrected chi connectivity index (χ4v) is 2.78. The molecule has 0 bridgehead atoms. The molecule has 1 spiro atoms. The number of hydrogen-bond acceptors (Lipinski definition) is 4. The first-order chi connectivity index (χ1) is 9.43. The molecule has 1 atom stereocenters. The Morgan fingerprint density at radius 3 is 2.15 bits per heavy atom. The number of carbonyl (C=O) groups excluding carboxylic acids is 2. The zero-order chi connectivity index (χ0) is 14.8. The standard InChI is InChI=1S/C14H24N2O4/c1-10(2)12(15-11(3)17)13(18)16-6-4-14(5-7-16)19-8-9-20-14/h10,12H,4-9H2,1-3H3,(H,15,17)/t12-/m0/s1. The van der Waals surface area contributed by atoms with E-state index in [4.69, 9.17) is 9.47 Å². The van der Waals surface area contributed by atoms with Crippen LogP contribution in [0.4, 0.5) is 0 Å². The van der Waals surface area contributed by atoms with Crippen molar-refractivity contribution in [3.8, 4) is 0 Å². The molecule has 114 valence electrons. The second-order valence-electron chi connectivity index (χ2n) is 5.86. The van der Waals surface area contributed by atoms with Gasteiger partial charge in [-0.2, -0.15) is 0 Å². The average molecular weight is 284 g/mol. The van der Waals surface area contributed by atoms with E-state index in [1.807, 2.05) is 13.8 Å². The summed E-state index contributed by atoms with van der Waals surface area (Å²) < 4.78 is 11.3. The molecule has 2 saturated heterocycles. The topological polar surface area (TPSA) is 67.9 Å². The molecule has 0 saturated carbocycles. The molecule has 2 amide bonds. The number of amides is 2. The SMILES string of the molecule is CC(=O)N[C@H](C(=O)N1CCC2(CC1)OCCO2)C(C)C. The zero-order valence-electron chi connectivity index (χ0n) is 12.5. The average Bonchev–Trinajstić information content (AvgIpc) is 2.84. The summed E-state index contributed by atoms with van der Waals surface area (Å²) in [6.07, 6.45) is 1.40. The third-order valence-electron chi connectivity index (χ3n) is 3.94. The molecule has 0 aliphatic carbocycles. The van der Waals surface area contributed by atoms with Gasteiger partial charge in [-0.05, 0) is 5.92 Å². The van der Waals surface area contributed by atoms with E-state index in [1.54, 1.807) is 4.90 Å². The smallest absolute Gasteiger partial charge is 0.245 e. The van der Waals surface area contributed by atoms with Crippen molar-refractivity contribution in [2.24, 2.45) is 5.92 Å². The van der Waals surface area contributed by atoms with Crippen molar-refractivity contribution >= 4 is 11.8 Å². The lowest BCUT2D eigenvalue weighted by molar-refractivity contribution is -0.188. The van der Waals surface area contributed by atoms with Crippen molar-refractivity contribution in [3.05, 3.63) is 0 Å². The maximum absolute atomic E-state index is 12.5. The van der Waals surface area contributed by atoms with Crippen molar-refractivity contribution in [2.45, 2.75) is 45.4 Å². The Morgan fingerprint density at radius 2 is 1.70 bits per heavy atom. The van der Waals surface area contributed by atoms with Crippen molar-refractivity contribution in [1.29, 1.82) is 0 Å². The summed E-state index contributed by atoms with van der Waals surface area (Å²) in [7, 11) is 0. The fourth-order valence-electron chi connectivity index (χ4n) is 2.78. The number of piperidine rings is 1. The lowest BCUT2D eigenvalue weighted by Crippen LogP contribution is -2.55. The number of nitrogens with one attached hydrogen (secondary N) is 1. The van der Waals surface area contributed by atoms with Gasteiger partial charge in [0.05, 0.1) is 13.2 Å². The van der Waals surface area contributed by atoms with E-state index in [1.165, 1.54) is 6.92 Å². The van der Waals surface area contributed by atoms with E-state index in [0.717, 1.165) is 0 Å². The second kappa shape index (κ2) is 6.10. The normalized spacial score (nSPS) is 23.1. The van der Waals surface area contributed by atoms with Crippen molar-refractivity contribution in [1.82, 2.24) is 10.2 Å². The van der Waals surface area contributed by atoms with Crippen molar-refractivity contribution in [2.75, 3.05) is 26.3 Å². The first-order valence-electron chi connectivity index (χ1n) is 7.27. The fraction of sp³-hybridized carbons (Fsp3) is 0.857. The van der Waals surface area contributed by atoms with Gasteiger partial charge in [0, 0.05) is 32.9 Å². The van der Waals surface area contributed by atoms with E-state index in [-0.39, 0.29) is 17.7 Å². The predicted molar refractivity (Wildman–Crippen MR) is 72.9 cm³/mol. The van der Waals surface area contributed by atoms with E-state index in [9.17, 15) is 9.59 Å². The van der Waals surface area contributed by atoms with Crippen LogP contribution in [0.3, 0.4) is 0 Å². The Balaban J connectivity index is 1.94. The molecular formula is C14H24N2O4. The van der Waals surface area contributed by atoms with Gasteiger partial charge >= 0.3 is 0 Å². The number of nitrogens with zero attached hydrogens (tertiary/aromatic N) is 1. The minimum atomic E-state index is -0.474. The van der Waals surface area contributed by atoms with E-state index < -0.39 is 11.8 Å². The van der Waals surface area contributed by atoms with Gasteiger partial charge < -0.3 is 19.7 Å². The Kier molecular flexibility index (Phi) is 4.65. The molecular weight excluding hydrogens is 260 g/mol. The summed E-state index contributed by atoms with van der Waals surface area (Å²) in [5, 5.41) is 2.74. The van der Waals surface area contributed by atoms with Gasteiger partial charge in [-0.15, -0.1) is 0 Å². The summed E-state index contributed by atoms with van der Waals surface area (Å²) in [6, 6.07) is -0.452. The number of likely N-dealkylation sites (tertiary alicyclic amines) is 1. The van der Waals surface area contributed by atoms with Gasteiger partial charge in [-0.1, -0.05) is 13.8 Å². The molecule has 0 unspecified atom stereocenters. The summed E-state index contributed by atoms with van der Waals surface area (Å²) >= 11 is 0. The highest BCUT2D eigenvalue weighted by Gasteiger charge is 2.42. The van der Waals surface area contributed by atoms with Gasteiger partial charge in [0.15, 0.2) is 5.79 Å². The molecule has 6 heteroatoms. The largest absolute Gasteiger partial charge is 0.347 e. The third kappa shape index (κ3) is 3.30. The zero-order valence-corrected chi connectivity index (χ0v) is 12.5. The van der Waals surface area contributed by atoms with E-state index in [2.05, 4.69) is 5.32 Å². The van der Waals surface area contributed by atoms with Crippen LogP contribution in [0.2, 0.25) is 0 Å². The highest BCUT2D eigenvalue weighted by molar-refractivity contribution is 5.87. The van der Waals surface area contributed by atoms with Crippen LogP contribution in [0.1, 0.15) is 33.6 Å². The molecule has 20 heavy (non-hydrogen) atoms. The molecule has 0 aromatic carbocycles. The lowest BCUT2D eigenvalue weighted by Gasteiger charge is -2.39. The van der Waals surface area contributed by atoms with Crippen LogP contribution in [0, 0.1) is 5.92 Å². The molecule has 1 N–H and O–H groups in total. The maximum Gasteiger partial charge on any atom is 0.245 e. The molecule has 6 nitrogen and oxygen atoms in total. The first kappa shape index (κ1) is 15.3. The van der Waals surface area contributed by atoms with Crippen LogP contribution >= 0.6 is 0 Å². The summed E-state index contributed by atoms with van der Waals surface area (Å²) in [5.41, 5.74) is 0. The Hall–Kier alpha value is -1.14. The van der Waals surface area contributed by atoms with E-state index >= 15 is 0 Å². The quantitative estimate of drug-likeness (QED) is 0.820. The van der Waals surface area contributed by atoms with E-state index in [0.29, 0.717) is 39.1 Å². The van der Waals surface area contributed by atoms with Gasteiger partial charge in [-0.3, -0.25) is 9.59 Å². The number of ether oxygens (including phenoxy) is 2. The van der Waals surface area contributed by atoms with Crippen LogP contribution in [-0.2, 0) is 19.1 Å². The highest BCUT2D eigenvalue weighted by Crippen LogP contribution is 2.31. The lowest BCUT2D eigenvalue weighted by atomic mass is 9.99. The minimum Gasteiger partial charge on any atom is -0.347 e. The van der Waals surface area contributed by atoms with Crippen LogP contribution in [0.15, 0.2) is 0 Å². The first-order valence-corrected chi connectivity index (χ1v) is 7.27. The molecule has 2 aliphatic rings. The Morgan fingerprint density at radius 1 is 1.15 bits per heavy atom. The van der Waals surface area contributed by atoms with Crippen LogP contribution in [0.5, 0.6) is 0 Å². The molecule has 0 aromatic rings. The molecule has 0 radical (unpaired) electrons. The van der Waals surface area contributed by atoms with Crippen LogP contribution < -0.4 is 5.32 Å².